The molecule has 0 aromatic carbocycles. The molecule has 0 amide bonds. The molecule has 0 bridgehead atoms. The Kier molecular flexibility index (Phi) is 4.10. The van der Waals surface area contributed by atoms with Crippen molar-refractivity contribution in [1.29, 1.82) is 0 Å². The summed E-state index contributed by atoms with van der Waals surface area (Å²) in [5.41, 5.74) is 2.33. The summed E-state index contributed by atoms with van der Waals surface area (Å²) in [6.45, 7) is 3.97. The van der Waals surface area contributed by atoms with Crippen molar-refractivity contribution >= 4 is 11.9 Å². The van der Waals surface area contributed by atoms with Crippen LogP contribution in [0.15, 0.2) is 11.1 Å². The van der Waals surface area contributed by atoms with Gasteiger partial charge in [0.2, 0.25) is 0 Å². The highest BCUT2D eigenvalue weighted by molar-refractivity contribution is 5.83. The van der Waals surface area contributed by atoms with Gasteiger partial charge in [-0.15, -0.1) is 0 Å². The first-order valence-electron chi connectivity index (χ1n) is 5.32. The zero-order chi connectivity index (χ0) is 12.3. The first-order valence-corrected chi connectivity index (χ1v) is 5.32. The fourth-order valence-corrected chi connectivity index (χ4v) is 2.09. The molecule has 0 saturated heterocycles. The molecule has 1 aliphatic rings. The summed E-state index contributed by atoms with van der Waals surface area (Å²) >= 11 is 0. The molecule has 0 aromatic rings. The second kappa shape index (κ2) is 5.14. The molecule has 0 radical (unpaired) electrons. The molecular weight excluding hydrogens is 208 g/mol. The average Bonchev–Trinajstić information content (AvgIpc) is 2.30. The molecule has 4 nitrogen and oxygen atoms in total. The third-order valence-electron chi connectivity index (χ3n) is 3.27. The third kappa shape index (κ3) is 2.43. The van der Waals surface area contributed by atoms with Gasteiger partial charge in [-0.2, -0.15) is 0 Å². The van der Waals surface area contributed by atoms with Crippen molar-refractivity contribution < 1.29 is 19.1 Å². The molecule has 0 spiro atoms. The van der Waals surface area contributed by atoms with E-state index in [1.165, 1.54) is 14.2 Å². The Labute approximate surface area is 95.6 Å². The van der Waals surface area contributed by atoms with Crippen LogP contribution in [0.25, 0.3) is 0 Å². The molecule has 1 aliphatic carbocycles. The van der Waals surface area contributed by atoms with Crippen LogP contribution < -0.4 is 0 Å². The third-order valence-corrected chi connectivity index (χ3v) is 3.27. The van der Waals surface area contributed by atoms with Crippen LogP contribution in [0, 0.1) is 11.8 Å². The number of carbonyl (C=O) groups excluding carboxylic acids is 2. The fraction of sp³-hybridized carbons (Fsp3) is 0.667. The van der Waals surface area contributed by atoms with Gasteiger partial charge in [-0.3, -0.25) is 9.59 Å². The van der Waals surface area contributed by atoms with Crippen molar-refractivity contribution in [2.75, 3.05) is 14.2 Å². The van der Waals surface area contributed by atoms with Crippen LogP contribution in [0.2, 0.25) is 0 Å². The topological polar surface area (TPSA) is 52.6 Å². The molecule has 0 heterocycles. The lowest BCUT2D eigenvalue weighted by molar-refractivity contribution is -0.157. The summed E-state index contributed by atoms with van der Waals surface area (Å²) in [4.78, 5) is 23.2. The standard InChI is InChI=1S/C12H18O4/c1-7-5-9(11(13)15-3)10(6-8(7)2)12(14)16-4/h9-10H,5-6H2,1-4H3. The highest BCUT2D eigenvalue weighted by Gasteiger charge is 2.38. The Balaban J connectivity index is 2.95. The van der Waals surface area contributed by atoms with Crippen LogP contribution in [0.4, 0.5) is 0 Å². The molecule has 16 heavy (non-hydrogen) atoms. The molecule has 1 rings (SSSR count). The van der Waals surface area contributed by atoms with Crippen LogP contribution in [-0.2, 0) is 19.1 Å². The largest absolute Gasteiger partial charge is 0.469 e. The van der Waals surface area contributed by atoms with Gasteiger partial charge in [0.15, 0.2) is 0 Å². The van der Waals surface area contributed by atoms with Gasteiger partial charge in [-0.25, -0.2) is 0 Å². The van der Waals surface area contributed by atoms with Crippen molar-refractivity contribution in [1.82, 2.24) is 0 Å². The summed E-state index contributed by atoms with van der Waals surface area (Å²) in [6, 6.07) is 0. The molecule has 2 unspecified atom stereocenters. The lowest BCUT2D eigenvalue weighted by Gasteiger charge is -2.29. The molecule has 4 heteroatoms. The van der Waals surface area contributed by atoms with E-state index < -0.39 is 11.8 Å². The van der Waals surface area contributed by atoms with Crippen molar-refractivity contribution in [3.63, 3.8) is 0 Å². The molecule has 0 fully saturated rings. The highest BCUT2D eigenvalue weighted by Crippen LogP contribution is 2.35. The summed E-state index contributed by atoms with van der Waals surface area (Å²) < 4.78 is 9.46. The number of methoxy groups -OCH3 is 2. The van der Waals surface area contributed by atoms with Crippen LogP contribution in [0.5, 0.6) is 0 Å². The second-order valence-corrected chi connectivity index (χ2v) is 4.23. The van der Waals surface area contributed by atoms with Crippen molar-refractivity contribution in [3.8, 4) is 0 Å². The minimum absolute atomic E-state index is 0.331. The zero-order valence-corrected chi connectivity index (χ0v) is 10.2. The molecule has 0 aliphatic heterocycles. The van der Waals surface area contributed by atoms with Crippen LogP contribution in [0.3, 0.4) is 0 Å². The Morgan fingerprint density at radius 2 is 1.25 bits per heavy atom. The normalized spacial score (nSPS) is 25.2. The number of ether oxygens (including phenoxy) is 2. The van der Waals surface area contributed by atoms with Gasteiger partial charge < -0.3 is 9.47 Å². The SMILES string of the molecule is COC(=O)C1CC(C)=C(C)CC1C(=O)OC. The lowest BCUT2D eigenvalue weighted by Crippen LogP contribution is -2.34. The van der Waals surface area contributed by atoms with Crippen molar-refractivity contribution in [2.24, 2.45) is 11.8 Å². The maximum absolute atomic E-state index is 11.6. The van der Waals surface area contributed by atoms with E-state index in [1.54, 1.807) is 0 Å². The fourth-order valence-electron chi connectivity index (χ4n) is 2.09. The molecule has 2 atom stereocenters. The van der Waals surface area contributed by atoms with E-state index >= 15 is 0 Å². The van der Waals surface area contributed by atoms with Crippen LogP contribution in [0.1, 0.15) is 26.7 Å². The summed E-state index contributed by atoms with van der Waals surface area (Å²) in [6.07, 6.45) is 1.16. The summed E-state index contributed by atoms with van der Waals surface area (Å²) in [5, 5.41) is 0. The Bertz CT molecular complexity index is 298. The predicted molar refractivity (Wildman–Crippen MR) is 58.6 cm³/mol. The summed E-state index contributed by atoms with van der Waals surface area (Å²) in [5.74, 6) is -1.47. The highest BCUT2D eigenvalue weighted by atomic mass is 16.5. The Morgan fingerprint density at radius 1 is 0.938 bits per heavy atom. The second-order valence-electron chi connectivity index (χ2n) is 4.23. The molecule has 0 aromatic heterocycles. The van der Waals surface area contributed by atoms with E-state index in [9.17, 15) is 9.59 Å². The first kappa shape index (κ1) is 12.7. The van der Waals surface area contributed by atoms with E-state index in [0.717, 1.165) is 11.1 Å². The zero-order valence-electron chi connectivity index (χ0n) is 10.2. The molecule has 0 saturated carbocycles. The van der Waals surface area contributed by atoms with Gasteiger partial charge in [-0.1, -0.05) is 11.1 Å². The van der Waals surface area contributed by atoms with E-state index in [0.29, 0.717) is 12.8 Å². The number of hydrogen-bond donors (Lipinski definition) is 0. The predicted octanol–water partition coefficient (Wildman–Crippen LogP) is 1.70. The van der Waals surface area contributed by atoms with Gasteiger partial charge in [0.1, 0.15) is 0 Å². The van der Waals surface area contributed by atoms with Gasteiger partial charge in [-0.05, 0) is 26.7 Å². The molecule has 0 N–H and O–H groups in total. The minimum atomic E-state index is -0.402. The Hall–Kier alpha value is -1.32. The van der Waals surface area contributed by atoms with Gasteiger partial charge >= 0.3 is 11.9 Å². The van der Waals surface area contributed by atoms with Gasteiger partial charge in [0, 0.05) is 0 Å². The summed E-state index contributed by atoms with van der Waals surface area (Å²) in [7, 11) is 2.69. The molecular formula is C12H18O4. The van der Waals surface area contributed by atoms with Crippen molar-refractivity contribution in [2.45, 2.75) is 26.7 Å². The van der Waals surface area contributed by atoms with E-state index in [1.807, 2.05) is 13.8 Å². The van der Waals surface area contributed by atoms with Gasteiger partial charge in [0.25, 0.3) is 0 Å². The number of allylic oxidation sites excluding steroid dienone is 2. The van der Waals surface area contributed by atoms with Gasteiger partial charge in [0.05, 0.1) is 26.1 Å². The molecule has 90 valence electrons. The smallest absolute Gasteiger partial charge is 0.309 e. The van der Waals surface area contributed by atoms with Crippen LogP contribution >= 0.6 is 0 Å². The first-order chi connectivity index (χ1) is 7.51. The quantitative estimate of drug-likeness (QED) is 0.531. The monoisotopic (exact) mass is 226 g/mol. The van der Waals surface area contributed by atoms with E-state index in [-0.39, 0.29) is 11.9 Å². The minimum Gasteiger partial charge on any atom is -0.469 e. The van der Waals surface area contributed by atoms with Crippen LogP contribution in [-0.4, -0.2) is 26.2 Å². The maximum atomic E-state index is 11.6. The van der Waals surface area contributed by atoms with E-state index in [2.05, 4.69) is 0 Å². The number of rotatable bonds is 2. The number of hydrogen-bond acceptors (Lipinski definition) is 4. The van der Waals surface area contributed by atoms with E-state index in [4.69, 9.17) is 9.47 Å². The maximum Gasteiger partial charge on any atom is 0.309 e. The average molecular weight is 226 g/mol. The number of esters is 2. The van der Waals surface area contributed by atoms with Crippen molar-refractivity contribution in [3.05, 3.63) is 11.1 Å². The lowest BCUT2D eigenvalue weighted by atomic mass is 9.76. The number of carbonyl (C=O) groups is 2. The Morgan fingerprint density at radius 3 is 1.50 bits per heavy atom.